The molecule has 1 aliphatic heterocycles. The zero-order valence-corrected chi connectivity index (χ0v) is 17.2. The number of carbonyl (C=O) groups excluding carboxylic acids is 1. The summed E-state index contributed by atoms with van der Waals surface area (Å²) in [5, 5.41) is 11.1. The highest BCUT2D eigenvalue weighted by Gasteiger charge is 2.17. The van der Waals surface area contributed by atoms with Crippen LogP contribution >= 0.6 is 0 Å². The van der Waals surface area contributed by atoms with Crippen LogP contribution in [0.5, 0.6) is 0 Å². The topological polar surface area (TPSA) is 131 Å². The lowest BCUT2D eigenvalue weighted by molar-refractivity contribution is 0.100. The number of rotatable bonds is 6. The fourth-order valence-corrected chi connectivity index (χ4v) is 3.73. The Kier molecular flexibility index (Phi) is 5.30. The van der Waals surface area contributed by atoms with E-state index in [2.05, 4.69) is 25.9 Å². The summed E-state index contributed by atoms with van der Waals surface area (Å²) in [5.41, 5.74) is 8.10. The van der Waals surface area contributed by atoms with Crippen molar-refractivity contribution >= 4 is 34.1 Å². The van der Waals surface area contributed by atoms with Gasteiger partial charge in [0.05, 0.1) is 11.7 Å². The number of fused-ring (bicyclic) bond motifs is 1. The number of carbonyl (C=O) groups is 1. The van der Waals surface area contributed by atoms with Gasteiger partial charge in [0.25, 0.3) is 0 Å². The number of nitrogens with two attached hydrogens (primary N) is 1. The van der Waals surface area contributed by atoms with Crippen LogP contribution in [-0.4, -0.2) is 45.0 Å². The normalized spacial score (nSPS) is 15.6. The van der Waals surface area contributed by atoms with E-state index in [1.165, 1.54) is 0 Å². The largest absolute Gasteiger partial charge is 0.366 e. The number of hydrogen-bond donors (Lipinski definition) is 4. The average molecular weight is 426 g/mol. The van der Waals surface area contributed by atoms with Crippen LogP contribution in [0.15, 0.2) is 61.1 Å². The van der Waals surface area contributed by atoms with Gasteiger partial charge in [-0.2, -0.15) is 0 Å². The Hall–Kier alpha value is -4.11. The number of hydrogen-bond acceptors (Lipinski definition) is 8. The molecule has 4 aromatic rings. The summed E-state index contributed by atoms with van der Waals surface area (Å²) in [6.45, 7) is 1.89. The first-order chi connectivity index (χ1) is 15.7. The summed E-state index contributed by atoms with van der Waals surface area (Å²) < 4.78 is 0. The van der Waals surface area contributed by atoms with Crippen molar-refractivity contribution in [3.8, 4) is 11.4 Å². The molecule has 9 heteroatoms. The molecular weight excluding hydrogens is 404 g/mol. The highest BCUT2D eigenvalue weighted by Crippen LogP contribution is 2.27. The standard InChI is InChI=1S/C23H22N8O/c24-21(32)14-2-1-3-16(10-14)28-20-11-15(4-9-27-20)22-30-19-13-26-8-6-18(19)23(31-22)29-17-5-7-25-12-17/h1-4,6,8-11,13,17,25H,5,7,12H2,(H2,24,32)(H,27,28)(H,29,30,31)/t17-/m1/s1. The lowest BCUT2D eigenvalue weighted by Crippen LogP contribution is -2.23. The van der Waals surface area contributed by atoms with E-state index in [-0.39, 0.29) is 0 Å². The number of nitrogens with one attached hydrogen (secondary N) is 3. The van der Waals surface area contributed by atoms with Crippen LogP contribution in [0, 0.1) is 0 Å². The summed E-state index contributed by atoms with van der Waals surface area (Å²) in [6, 6.07) is 12.9. The number of amides is 1. The van der Waals surface area contributed by atoms with E-state index < -0.39 is 5.91 Å². The van der Waals surface area contributed by atoms with E-state index >= 15 is 0 Å². The molecule has 1 amide bonds. The molecule has 5 rings (SSSR count). The Morgan fingerprint density at radius 2 is 2.06 bits per heavy atom. The van der Waals surface area contributed by atoms with Crippen molar-refractivity contribution in [2.75, 3.05) is 23.7 Å². The Labute approximate surface area is 184 Å². The molecule has 160 valence electrons. The molecule has 0 aliphatic carbocycles. The molecular formula is C23H22N8O. The molecule has 0 unspecified atom stereocenters. The van der Waals surface area contributed by atoms with Crippen molar-refractivity contribution in [3.05, 3.63) is 66.6 Å². The minimum absolute atomic E-state index is 0.321. The molecule has 0 radical (unpaired) electrons. The number of nitrogens with zero attached hydrogens (tertiary/aromatic N) is 4. The van der Waals surface area contributed by atoms with E-state index in [1.54, 1.807) is 36.8 Å². The van der Waals surface area contributed by atoms with Gasteiger partial charge in [-0.3, -0.25) is 9.78 Å². The Balaban J connectivity index is 1.48. The quantitative estimate of drug-likeness (QED) is 0.370. The van der Waals surface area contributed by atoms with E-state index in [1.807, 2.05) is 24.3 Å². The van der Waals surface area contributed by atoms with Crippen LogP contribution in [-0.2, 0) is 0 Å². The summed E-state index contributed by atoms with van der Waals surface area (Å²) in [7, 11) is 0. The van der Waals surface area contributed by atoms with Crippen molar-refractivity contribution in [1.82, 2.24) is 25.3 Å². The van der Waals surface area contributed by atoms with E-state index in [0.29, 0.717) is 28.9 Å². The molecule has 0 bridgehead atoms. The van der Waals surface area contributed by atoms with Crippen LogP contribution in [0.3, 0.4) is 0 Å². The van der Waals surface area contributed by atoms with E-state index in [4.69, 9.17) is 15.7 Å². The summed E-state index contributed by atoms with van der Waals surface area (Å²) in [5.74, 6) is 1.50. The van der Waals surface area contributed by atoms with Gasteiger partial charge in [0.1, 0.15) is 11.6 Å². The molecule has 32 heavy (non-hydrogen) atoms. The zero-order valence-electron chi connectivity index (χ0n) is 17.2. The Morgan fingerprint density at radius 3 is 2.91 bits per heavy atom. The van der Waals surface area contributed by atoms with Gasteiger partial charge in [-0.1, -0.05) is 6.07 Å². The molecule has 4 heterocycles. The number of primary amides is 1. The number of aromatic nitrogens is 4. The Bertz CT molecular complexity index is 1290. The minimum Gasteiger partial charge on any atom is -0.366 e. The van der Waals surface area contributed by atoms with Gasteiger partial charge in [-0.25, -0.2) is 15.0 Å². The van der Waals surface area contributed by atoms with Gasteiger partial charge in [0.2, 0.25) is 5.91 Å². The smallest absolute Gasteiger partial charge is 0.248 e. The lowest BCUT2D eigenvalue weighted by Gasteiger charge is -2.15. The SMILES string of the molecule is NC(=O)c1cccc(Nc2cc(-c3nc(N[C@@H]4CCNC4)c4ccncc4n3)ccn2)c1. The second kappa shape index (κ2) is 8.56. The van der Waals surface area contributed by atoms with Crippen LogP contribution < -0.4 is 21.7 Å². The number of anilines is 3. The third kappa shape index (κ3) is 4.19. The van der Waals surface area contributed by atoms with Gasteiger partial charge >= 0.3 is 0 Å². The second-order valence-corrected chi connectivity index (χ2v) is 7.62. The van der Waals surface area contributed by atoms with Crippen LogP contribution in [0.25, 0.3) is 22.3 Å². The zero-order chi connectivity index (χ0) is 21.9. The van der Waals surface area contributed by atoms with Crippen molar-refractivity contribution < 1.29 is 4.79 Å². The van der Waals surface area contributed by atoms with Crippen LogP contribution in [0.2, 0.25) is 0 Å². The first-order valence-electron chi connectivity index (χ1n) is 10.4. The predicted molar refractivity (Wildman–Crippen MR) is 124 cm³/mol. The minimum atomic E-state index is -0.481. The fourth-order valence-electron chi connectivity index (χ4n) is 3.73. The molecule has 5 N–H and O–H groups in total. The van der Waals surface area contributed by atoms with Gasteiger partial charge < -0.3 is 21.7 Å². The first kappa shape index (κ1) is 19.8. The maximum atomic E-state index is 11.5. The van der Waals surface area contributed by atoms with Crippen LogP contribution in [0.4, 0.5) is 17.3 Å². The molecule has 0 saturated carbocycles. The molecule has 1 atom stereocenters. The van der Waals surface area contributed by atoms with Crippen molar-refractivity contribution in [2.45, 2.75) is 12.5 Å². The third-order valence-corrected chi connectivity index (χ3v) is 5.34. The highest BCUT2D eigenvalue weighted by molar-refractivity contribution is 5.94. The van der Waals surface area contributed by atoms with Gasteiger partial charge in [0, 0.05) is 47.2 Å². The maximum absolute atomic E-state index is 11.5. The molecule has 3 aromatic heterocycles. The summed E-state index contributed by atoms with van der Waals surface area (Å²) >= 11 is 0. The third-order valence-electron chi connectivity index (χ3n) is 5.34. The molecule has 1 aromatic carbocycles. The number of benzene rings is 1. The summed E-state index contributed by atoms with van der Waals surface area (Å²) in [6.07, 6.45) is 6.23. The maximum Gasteiger partial charge on any atom is 0.248 e. The van der Waals surface area contributed by atoms with Gasteiger partial charge in [-0.05, 0) is 49.4 Å². The van der Waals surface area contributed by atoms with Gasteiger partial charge in [0.15, 0.2) is 5.82 Å². The van der Waals surface area contributed by atoms with Crippen molar-refractivity contribution in [1.29, 1.82) is 0 Å². The number of pyridine rings is 2. The fraction of sp³-hybridized carbons (Fsp3) is 0.174. The lowest BCUT2D eigenvalue weighted by atomic mass is 10.2. The van der Waals surface area contributed by atoms with Crippen molar-refractivity contribution in [2.24, 2.45) is 5.73 Å². The summed E-state index contributed by atoms with van der Waals surface area (Å²) in [4.78, 5) is 29.6. The van der Waals surface area contributed by atoms with E-state index in [0.717, 1.165) is 41.8 Å². The Morgan fingerprint density at radius 1 is 1.12 bits per heavy atom. The monoisotopic (exact) mass is 426 g/mol. The average Bonchev–Trinajstić information content (AvgIpc) is 3.32. The van der Waals surface area contributed by atoms with E-state index in [9.17, 15) is 4.79 Å². The first-order valence-corrected chi connectivity index (χ1v) is 10.4. The van der Waals surface area contributed by atoms with Crippen molar-refractivity contribution in [3.63, 3.8) is 0 Å². The second-order valence-electron chi connectivity index (χ2n) is 7.62. The predicted octanol–water partition coefficient (Wildman–Crippen LogP) is 2.70. The van der Waals surface area contributed by atoms with Crippen LogP contribution in [0.1, 0.15) is 16.8 Å². The molecule has 1 aliphatic rings. The highest BCUT2D eigenvalue weighted by atomic mass is 16.1. The molecule has 9 nitrogen and oxygen atoms in total. The molecule has 1 fully saturated rings. The van der Waals surface area contributed by atoms with Gasteiger partial charge in [-0.15, -0.1) is 0 Å². The molecule has 0 spiro atoms. The molecule has 1 saturated heterocycles.